The molecule has 2 aromatic rings. The van der Waals surface area contributed by atoms with Gasteiger partial charge in [-0.05, 0) is 44.4 Å². The normalized spacial score (nSPS) is 22.1. The average molecular weight is 435 g/mol. The molecule has 3 aliphatic heterocycles. The van der Waals surface area contributed by atoms with Crippen LogP contribution in [0.3, 0.4) is 0 Å². The molecule has 29 heavy (non-hydrogen) atoms. The number of likely N-dealkylation sites (tertiary alicyclic amines) is 1. The fourth-order valence-corrected chi connectivity index (χ4v) is 5.70. The molecule has 0 aliphatic carbocycles. The smallest absolute Gasteiger partial charge is 0.187 e. The second-order valence-electron chi connectivity index (χ2n) is 7.98. The van der Waals surface area contributed by atoms with Crippen LogP contribution in [0.15, 0.2) is 18.2 Å². The number of aromatic nitrogens is 1. The van der Waals surface area contributed by atoms with Crippen molar-refractivity contribution < 1.29 is 9.47 Å². The maximum Gasteiger partial charge on any atom is 0.187 e. The number of thiazole rings is 1. The molecule has 2 fully saturated rings. The van der Waals surface area contributed by atoms with Crippen molar-refractivity contribution in [2.45, 2.75) is 38.3 Å². The maximum absolute atomic E-state index is 6.48. The van der Waals surface area contributed by atoms with Gasteiger partial charge in [-0.3, -0.25) is 4.90 Å². The number of benzene rings is 1. The Hall–Kier alpha value is -1.70. The lowest BCUT2D eigenvalue weighted by molar-refractivity contribution is 0.171. The summed E-state index contributed by atoms with van der Waals surface area (Å²) in [5, 5.41) is 5.45. The number of nitrogens with zero attached hydrogens (tertiary/aromatic N) is 3. The van der Waals surface area contributed by atoms with E-state index in [1.807, 2.05) is 6.07 Å². The summed E-state index contributed by atoms with van der Waals surface area (Å²) in [6, 6.07) is 6.54. The Balaban J connectivity index is 1.21. The summed E-state index contributed by atoms with van der Waals surface area (Å²) in [5.41, 5.74) is 1.09. The van der Waals surface area contributed by atoms with Gasteiger partial charge in [0.05, 0.1) is 4.88 Å². The maximum atomic E-state index is 6.48. The summed E-state index contributed by atoms with van der Waals surface area (Å²) in [6.45, 7) is 6.43. The topological polar surface area (TPSA) is 49.9 Å². The number of piperidine rings is 1. The zero-order valence-electron chi connectivity index (χ0n) is 16.5. The Bertz CT molecular complexity index is 855. The van der Waals surface area contributed by atoms with E-state index in [9.17, 15) is 0 Å². The lowest BCUT2D eigenvalue weighted by Gasteiger charge is -2.33. The van der Waals surface area contributed by atoms with Crippen LogP contribution in [0.5, 0.6) is 11.5 Å². The summed E-state index contributed by atoms with van der Waals surface area (Å²) >= 11 is 8.24. The molecule has 156 valence electrons. The first-order chi connectivity index (χ1) is 14.2. The number of nitrogens with one attached hydrogen (secondary N) is 1. The van der Waals surface area contributed by atoms with Gasteiger partial charge in [-0.2, -0.15) is 0 Å². The second-order valence-corrected chi connectivity index (χ2v) is 9.40. The highest BCUT2D eigenvalue weighted by Crippen LogP contribution is 2.34. The first-order valence-corrected chi connectivity index (χ1v) is 11.7. The van der Waals surface area contributed by atoms with Crippen LogP contribution in [0, 0.1) is 0 Å². The summed E-state index contributed by atoms with van der Waals surface area (Å²) in [7, 11) is 0. The van der Waals surface area contributed by atoms with Crippen LogP contribution in [-0.4, -0.2) is 55.3 Å². The highest BCUT2D eigenvalue weighted by molar-refractivity contribution is 7.16. The van der Waals surface area contributed by atoms with E-state index in [1.54, 1.807) is 11.3 Å². The van der Waals surface area contributed by atoms with E-state index in [-0.39, 0.29) is 0 Å². The number of halogens is 1. The molecule has 8 heteroatoms. The molecule has 1 aromatic heterocycles. The van der Waals surface area contributed by atoms with E-state index in [4.69, 9.17) is 21.1 Å². The number of fused-ring (bicyclic) bond motifs is 1. The van der Waals surface area contributed by atoms with Crippen molar-refractivity contribution in [1.82, 2.24) is 9.88 Å². The van der Waals surface area contributed by atoms with E-state index in [2.05, 4.69) is 32.2 Å². The monoisotopic (exact) mass is 434 g/mol. The zero-order chi connectivity index (χ0) is 19.6. The predicted molar refractivity (Wildman–Crippen MR) is 118 cm³/mol. The van der Waals surface area contributed by atoms with Crippen LogP contribution in [0.4, 0.5) is 10.8 Å². The minimum absolute atomic E-state index is 0.413. The summed E-state index contributed by atoms with van der Waals surface area (Å²) in [4.78, 5) is 10.7. The van der Waals surface area contributed by atoms with Gasteiger partial charge in [0.25, 0.3) is 0 Å². The van der Waals surface area contributed by atoms with Gasteiger partial charge in [0.1, 0.15) is 18.4 Å². The molecule has 5 rings (SSSR count). The number of ether oxygens (including phenoxy) is 2. The Kier molecular flexibility index (Phi) is 5.70. The van der Waals surface area contributed by atoms with Crippen molar-refractivity contribution in [2.24, 2.45) is 0 Å². The van der Waals surface area contributed by atoms with Crippen molar-refractivity contribution in [2.75, 3.05) is 49.6 Å². The van der Waals surface area contributed by atoms with Gasteiger partial charge in [-0.25, -0.2) is 4.98 Å². The van der Waals surface area contributed by atoms with Crippen molar-refractivity contribution in [3.8, 4) is 11.5 Å². The van der Waals surface area contributed by atoms with Crippen LogP contribution >= 0.6 is 22.9 Å². The fraction of sp³-hybridized carbons (Fsp3) is 0.571. The molecule has 4 heterocycles. The van der Waals surface area contributed by atoms with E-state index in [1.165, 1.54) is 30.6 Å². The van der Waals surface area contributed by atoms with E-state index >= 15 is 0 Å². The third kappa shape index (κ3) is 4.42. The molecule has 1 aromatic carbocycles. The average Bonchev–Trinajstić information content (AvgIpc) is 3.39. The van der Waals surface area contributed by atoms with Gasteiger partial charge >= 0.3 is 0 Å². The molecule has 3 aliphatic rings. The van der Waals surface area contributed by atoms with Crippen molar-refractivity contribution in [1.29, 1.82) is 0 Å². The van der Waals surface area contributed by atoms with Gasteiger partial charge in [0.15, 0.2) is 16.6 Å². The van der Waals surface area contributed by atoms with Gasteiger partial charge < -0.3 is 19.7 Å². The van der Waals surface area contributed by atoms with Gasteiger partial charge in [-0.15, -0.1) is 0 Å². The summed E-state index contributed by atoms with van der Waals surface area (Å²) in [5.74, 6) is 1.67. The molecular formula is C21H27ClN4O2S. The van der Waals surface area contributed by atoms with E-state index < -0.39 is 0 Å². The zero-order valence-corrected chi connectivity index (χ0v) is 18.1. The molecule has 0 spiro atoms. The van der Waals surface area contributed by atoms with Crippen LogP contribution < -0.4 is 19.7 Å². The molecule has 2 saturated heterocycles. The molecular weight excluding hydrogens is 408 g/mol. The summed E-state index contributed by atoms with van der Waals surface area (Å²) in [6.07, 6.45) is 4.86. The number of hydrogen-bond donors (Lipinski definition) is 1. The predicted octanol–water partition coefficient (Wildman–Crippen LogP) is 4.24. The standard InChI is InChI=1S/C21H27ClN4O2S/c22-20-19(29-21(24-20)26-8-1-2-9-26)14-25-7-3-4-16(13-25)23-15-5-6-17-18(12-15)28-11-10-27-17/h5-6,12,16,23H,1-4,7-11,13-14H2/t16-/m0/s1. The molecule has 1 N–H and O–H groups in total. The molecule has 0 saturated carbocycles. The quantitative estimate of drug-likeness (QED) is 0.759. The van der Waals surface area contributed by atoms with Crippen molar-refractivity contribution in [3.05, 3.63) is 28.2 Å². The van der Waals surface area contributed by atoms with E-state index in [0.717, 1.165) is 55.0 Å². The first-order valence-electron chi connectivity index (χ1n) is 10.5. The summed E-state index contributed by atoms with van der Waals surface area (Å²) < 4.78 is 11.3. The van der Waals surface area contributed by atoms with Crippen LogP contribution in [0.25, 0.3) is 0 Å². The molecule has 1 atom stereocenters. The minimum atomic E-state index is 0.413. The minimum Gasteiger partial charge on any atom is -0.486 e. The van der Waals surface area contributed by atoms with Gasteiger partial charge in [0.2, 0.25) is 0 Å². The van der Waals surface area contributed by atoms with Crippen LogP contribution in [0.2, 0.25) is 5.15 Å². The van der Waals surface area contributed by atoms with Crippen molar-refractivity contribution in [3.63, 3.8) is 0 Å². The van der Waals surface area contributed by atoms with Gasteiger partial charge in [-0.1, -0.05) is 22.9 Å². The fourth-order valence-electron chi connectivity index (χ4n) is 4.35. The SMILES string of the molecule is Clc1nc(N2CCCC2)sc1CN1CCC[C@H](Nc2ccc3c(c2)OCCO3)C1. The number of rotatable bonds is 5. The first kappa shape index (κ1) is 19.3. The third-order valence-electron chi connectivity index (χ3n) is 5.80. The number of hydrogen-bond acceptors (Lipinski definition) is 7. The molecule has 0 unspecified atom stereocenters. The Morgan fingerprint density at radius 2 is 1.93 bits per heavy atom. The van der Waals surface area contributed by atoms with Crippen molar-refractivity contribution >= 4 is 33.8 Å². The highest BCUT2D eigenvalue weighted by Gasteiger charge is 2.24. The number of anilines is 2. The van der Waals surface area contributed by atoms with Crippen LogP contribution in [-0.2, 0) is 6.54 Å². The Morgan fingerprint density at radius 3 is 2.79 bits per heavy atom. The second kappa shape index (κ2) is 8.58. The lowest BCUT2D eigenvalue weighted by atomic mass is 10.1. The Morgan fingerprint density at radius 1 is 1.10 bits per heavy atom. The third-order valence-corrected chi connectivity index (χ3v) is 7.33. The van der Waals surface area contributed by atoms with E-state index in [0.29, 0.717) is 24.4 Å². The largest absolute Gasteiger partial charge is 0.486 e. The lowest BCUT2D eigenvalue weighted by Crippen LogP contribution is -2.41. The molecule has 0 bridgehead atoms. The van der Waals surface area contributed by atoms with Crippen LogP contribution in [0.1, 0.15) is 30.6 Å². The molecule has 0 radical (unpaired) electrons. The molecule has 0 amide bonds. The Labute approximate surface area is 180 Å². The highest BCUT2D eigenvalue weighted by atomic mass is 35.5. The molecule has 6 nitrogen and oxygen atoms in total. The van der Waals surface area contributed by atoms with Gasteiger partial charge in [0, 0.05) is 44.0 Å².